The highest BCUT2D eigenvalue weighted by Crippen LogP contribution is 2.29. The molecule has 0 bridgehead atoms. The predicted molar refractivity (Wildman–Crippen MR) is 134 cm³/mol. The molecule has 0 atom stereocenters. The third kappa shape index (κ3) is 5.14. The number of sulfonamides is 1. The van der Waals surface area contributed by atoms with Crippen LogP contribution in [0.2, 0.25) is 10.0 Å². The fourth-order valence-corrected chi connectivity index (χ4v) is 5.53. The Hall–Kier alpha value is -3.19. The second-order valence-electron chi connectivity index (χ2n) is 7.56. The highest BCUT2D eigenvalue weighted by molar-refractivity contribution is 7.92. The molecule has 2 heterocycles. The van der Waals surface area contributed by atoms with Gasteiger partial charge in [-0.3, -0.25) is 4.72 Å². The maximum atomic E-state index is 12.8. The highest BCUT2D eigenvalue weighted by Gasteiger charge is 2.23. The Labute approximate surface area is 208 Å². The topological polar surface area (TPSA) is 98.6 Å². The minimum Gasteiger partial charge on any atom is -0.497 e. The lowest BCUT2D eigenvalue weighted by molar-refractivity contribution is 0.415. The smallest absolute Gasteiger partial charge is 0.263 e. The van der Waals surface area contributed by atoms with Gasteiger partial charge in [-0.05, 0) is 48.5 Å². The fourth-order valence-electron chi connectivity index (χ4n) is 3.72. The van der Waals surface area contributed by atoms with E-state index in [0.717, 1.165) is 24.5 Å². The van der Waals surface area contributed by atoms with Crippen molar-refractivity contribution in [2.45, 2.75) is 4.90 Å². The Bertz CT molecular complexity index is 1340. The molecule has 2 aromatic carbocycles. The molecular formula is C23H21Cl2N5O3S. The van der Waals surface area contributed by atoms with Crippen LogP contribution in [-0.4, -0.2) is 46.7 Å². The lowest BCUT2D eigenvalue weighted by Crippen LogP contribution is -2.47. The van der Waals surface area contributed by atoms with Crippen molar-refractivity contribution in [3.8, 4) is 11.8 Å². The molecule has 11 heteroatoms. The van der Waals surface area contributed by atoms with Crippen LogP contribution in [0.3, 0.4) is 0 Å². The Kier molecular flexibility index (Phi) is 7.03. The lowest BCUT2D eigenvalue weighted by Gasteiger charge is -2.37. The number of piperazine rings is 1. The number of methoxy groups -OCH3 is 1. The number of benzene rings is 2. The van der Waals surface area contributed by atoms with E-state index in [1.165, 1.54) is 30.5 Å². The standard InChI is InChI=1S/C23H21Cl2N5O3S/c1-33-20-5-3-19(4-6-20)29-8-10-30(11-9-29)23-16(14-26)12-18(15-27-23)28-34(31,32)22-7-2-17(24)13-21(22)25/h2-7,12-13,15,28H,8-11H2,1H3. The SMILES string of the molecule is COc1ccc(N2CCN(c3ncc(NS(=O)(=O)c4ccc(Cl)cc4Cl)cc3C#N)CC2)cc1. The minimum atomic E-state index is -3.99. The van der Waals surface area contributed by atoms with Crippen molar-refractivity contribution in [2.75, 3.05) is 47.8 Å². The monoisotopic (exact) mass is 517 g/mol. The molecule has 0 aliphatic carbocycles. The van der Waals surface area contributed by atoms with Crippen LogP contribution in [0.1, 0.15) is 5.56 Å². The summed E-state index contributed by atoms with van der Waals surface area (Å²) in [5.74, 6) is 1.32. The molecule has 0 spiro atoms. The van der Waals surface area contributed by atoms with Crippen LogP contribution in [-0.2, 0) is 10.0 Å². The van der Waals surface area contributed by atoms with E-state index in [4.69, 9.17) is 27.9 Å². The molecule has 1 saturated heterocycles. The zero-order valence-electron chi connectivity index (χ0n) is 18.2. The first-order valence-corrected chi connectivity index (χ1v) is 12.6. The molecule has 0 radical (unpaired) electrons. The summed E-state index contributed by atoms with van der Waals surface area (Å²) >= 11 is 11.9. The van der Waals surface area contributed by atoms with Crippen LogP contribution in [0.25, 0.3) is 0 Å². The average Bonchev–Trinajstić information content (AvgIpc) is 2.83. The molecule has 1 aromatic heterocycles. The summed E-state index contributed by atoms with van der Waals surface area (Å²) in [6.07, 6.45) is 1.40. The van der Waals surface area contributed by atoms with Gasteiger partial charge in [0.1, 0.15) is 22.5 Å². The molecule has 34 heavy (non-hydrogen) atoms. The molecule has 0 unspecified atom stereocenters. The molecule has 1 fully saturated rings. The highest BCUT2D eigenvalue weighted by atomic mass is 35.5. The van der Waals surface area contributed by atoms with Crippen molar-refractivity contribution in [3.05, 3.63) is 70.3 Å². The van der Waals surface area contributed by atoms with Gasteiger partial charge in [-0.15, -0.1) is 0 Å². The molecule has 0 saturated carbocycles. The summed E-state index contributed by atoms with van der Waals surface area (Å²) in [6.45, 7) is 2.84. The van der Waals surface area contributed by atoms with E-state index in [9.17, 15) is 13.7 Å². The average molecular weight is 518 g/mol. The summed E-state index contributed by atoms with van der Waals surface area (Å²) < 4.78 is 33.2. The predicted octanol–water partition coefficient (Wildman–Crippen LogP) is 4.40. The first-order valence-electron chi connectivity index (χ1n) is 10.3. The summed E-state index contributed by atoms with van der Waals surface area (Å²) in [6, 6.07) is 15.6. The van der Waals surface area contributed by atoms with Crippen LogP contribution >= 0.6 is 23.2 Å². The zero-order valence-corrected chi connectivity index (χ0v) is 20.5. The number of hydrogen-bond acceptors (Lipinski definition) is 7. The van der Waals surface area contributed by atoms with Crippen LogP contribution in [0, 0.1) is 11.3 Å². The van der Waals surface area contributed by atoms with Crippen molar-refractivity contribution in [1.29, 1.82) is 5.26 Å². The van der Waals surface area contributed by atoms with Crippen molar-refractivity contribution in [2.24, 2.45) is 0 Å². The number of hydrogen-bond donors (Lipinski definition) is 1. The van der Waals surface area contributed by atoms with Crippen LogP contribution in [0.5, 0.6) is 5.75 Å². The van der Waals surface area contributed by atoms with E-state index >= 15 is 0 Å². The number of ether oxygens (including phenoxy) is 1. The van der Waals surface area contributed by atoms with Crippen molar-refractivity contribution < 1.29 is 13.2 Å². The quantitative estimate of drug-likeness (QED) is 0.517. The lowest BCUT2D eigenvalue weighted by atomic mass is 10.2. The molecule has 1 N–H and O–H groups in total. The van der Waals surface area contributed by atoms with Gasteiger partial charge in [-0.25, -0.2) is 13.4 Å². The Balaban J connectivity index is 1.48. The molecule has 4 rings (SSSR count). The Morgan fingerprint density at radius 1 is 1.03 bits per heavy atom. The van der Waals surface area contributed by atoms with Gasteiger partial charge >= 0.3 is 0 Å². The molecule has 8 nitrogen and oxygen atoms in total. The zero-order chi connectivity index (χ0) is 24.3. The number of nitriles is 1. The van der Waals surface area contributed by atoms with E-state index in [1.54, 1.807) is 7.11 Å². The second-order valence-corrected chi connectivity index (χ2v) is 10.1. The first-order chi connectivity index (χ1) is 16.3. The van der Waals surface area contributed by atoms with Crippen molar-refractivity contribution in [3.63, 3.8) is 0 Å². The number of rotatable bonds is 6. The number of nitrogens with one attached hydrogen (secondary N) is 1. The third-order valence-corrected chi connectivity index (χ3v) is 7.54. The van der Waals surface area contributed by atoms with E-state index < -0.39 is 10.0 Å². The van der Waals surface area contributed by atoms with Crippen molar-refractivity contribution in [1.82, 2.24) is 4.98 Å². The van der Waals surface area contributed by atoms with Gasteiger partial charge in [-0.2, -0.15) is 5.26 Å². The number of aromatic nitrogens is 1. The van der Waals surface area contributed by atoms with Crippen LogP contribution in [0.4, 0.5) is 17.2 Å². The van der Waals surface area contributed by atoms with Gasteiger partial charge in [0.05, 0.1) is 29.6 Å². The number of pyridine rings is 1. The number of halogens is 2. The summed E-state index contributed by atoms with van der Waals surface area (Å²) in [5, 5.41) is 10.0. The third-order valence-electron chi connectivity index (χ3n) is 5.44. The van der Waals surface area contributed by atoms with Crippen LogP contribution in [0.15, 0.2) is 59.6 Å². The Morgan fingerprint density at radius 2 is 1.71 bits per heavy atom. The molecule has 1 aliphatic heterocycles. The second kappa shape index (κ2) is 9.97. The summed E-state index contributed by atoms with van der Waals surface area (Å²) in [7, 11) is -2.35. The molecular weight excluding hydrogens is 497 g/mol. The van der Waals surface area contributed by atoms with E-state index in [0.29, 0.717) is 23.9 Å². The number of nitrogens with zero attached hydrogens (tertiary/aromatic N) is 4. The molecule has 3 aromatic rings. The van der Waals surface area contributed by atoms with Gasteiger partial charge < -0.3 is 14.5 Å². The van der Waals surface area contributed by atoms with E-state index in [1.807, 2.05) is 29.2 Å². The van der Waals surface area contributed by atoms with E-state index in [2.05, 4.69) is 20.7 Å². The maximum Gasteiger partial charge on any atom is 0.263 e. The van der Waals surface area contributed by atoms with Crippen LogP contribution < -0.4 is 19.3 Å². The van der Waals surface area contributed by atoms with E-state index in [-0.39, 0.29) is 21.2 Å². The summed E-state index contributed by atoms with van der Waals surface area (Å²) in [5.41, 5.74) is 1.54. The maximum absolute atomic E-state index is 12.8. The summed E-state index contributed by atoms with van der Waals surface area (Å²) in [4.78, 5) is 8.55. The Morgan fingerprint density at radius 3 is 2.32 bits per heavy atom. The van der Waals surface area contributed by atoms with Gasteiger partial charge in [0.15, 0.2) is 0 Å². The minimum absolute atomic E-state index is 0.000170. The van der Waals surface area contributed by atoms with Gasteiger partial charge in [0.2, 0.25) is 0 Å². The van der Waals surface area contributed by atoms with Gasteiger partial charge in [0, 0.05) is 36.9 Å². The molecule has 176 valence electrons. The van der Waals surface area contributed by atoms with Crippen molar-refractivity contribution >= 4 is 50.4 Å². The fraction of sp³-hybridized carbons (Fsp3) is 0.217. The normalized spacial score (nSPS) is 13.9. The molecule has 1 aliphatic rings. The molecule has 0 amide bonds. The largest absolute Gasteiger partial charge is 0.497 e. The first kappa shape index (κ1) is 24.0. The van der Waals surface area contributed by atoms with Gasteiger partial charge in [-0.1, -0.05) is 23.2 Å². The number of anilines is 3. The van der Waals surface area contributed by atoms with Gasteiger partial charge in [0.25, 0.3) is 10.0 Å².